The van der Waals surface area contributed by atoms with Crippen LogP contribution in [0.5, 0.6) is 0 Å². The molecule has 1 unspecified atom stereocenters. The topological polar surface area (TPSA) is 74.3 Å². The van der Waals surface area contributed by atoms with Gasteiger partial charge in [0.1, 0.15) is 16.4 Å². The molecule has 0 aromatic carbocycles. The van der Waals surface area contributed by atoms with Crippen molar-refractivity contribution in [2.75, 3.05) is 0 Å². The third-order valence-electron chi connectivity index (χ3n) is 2.34. The second-order valence-corrected chi connectivity index (χ2v) is 5.99. The van der Waals surface area contributed by atoms with Gasteiger partial charge in [-0.3, -0.25) is 0 Å². The van der Waals surface area contributed by atoms with E-state index in [-0.39, 0.29) is 12.8 Å². The first-order chi connectivity index (χ1) is 6.73. The third kappa shape index (κ3) is 4.57. The second kappa shape index (κ2) is 5.42. The fraction of sp³-hybridized carbons (Fsp3) is 0.700. The van der Waals surface area contributed by atoms with Crippen molar-refractivity contribution in [2.24, 2.45) is 0 Å². The number of carbonyl (C=O) groups excluding carboxylic acids is 1. The number of hydrogen-bond donors (Lipinski definition) is 0. The summed E-state index contributed by atoms with van der Waals surface area (Å²) in [7, 11) is -4.44. The molecule has 0 N–H and O–H groups in total. The first kappa shape index (κ1) is 14.3. The molecule has 0 spiro atoms. The Morgan fingerprint density at radius 1 is 1.40 bits per heavy atom. The maximum Gasteiger partial charge on any atom is 0.121 e. The molecular formula is C10H17O4S-. The highest BCUT2D eigenvalue weighted by atomic mass is 32.2. The van der Waals surface area contributed by atoms with Crippen LogP contribution in [0, 0.1) is 0 Å². The lowest BCUT2D eigenvalue weighted by Gasteiger charge is -2.30. The minimum absolute atomic E-state index is 0.183. The average molecular weight is 233 g/mol. The van der Waals surface area contributed by atoms with Gasteiger partial charge in [0.05, 0.1) is 4.75 Å². The predicted octanol–water partition coefficient (Wildman–Crippen LogP) is 1.63. The number of rotatable bonds is 6. The van der Waals surface area contributed by atoms with Crippen molar-refractivity contribution in [3.05, 3.63) is 11.6 Å². The zero-order valence-electron chi connectivity index (χ0n) is 9.32. The summed E-state index contributed by atoms with van der Waals surface area (Å²) in [6, 6.07) is 0. The van der Waals surface area contributed by atoms with Crippen molar-refractivity contribution in [2.45, 2.75) is 44.8 Å². The summed E-state index contributed by atoms with van der Waals surface area (Å²) in [4.78, 5) is 10.3. The molecule has 0 heterocycles. The summed E-state index contributed by atoms with van der Waals surface area (Å²) in [5.41, 5.74) is 1.06. The molecule has 0 aliphatic carbocycles. The molecule has 5 heteroatoms. The number of carbonyl (C=O) groups is 1. The standard InChI is InChI=1S/C10H18O4S/c1-9(2)5-4-6-10(3,7-8-11)15(12,13)14/h5,8H,4,6-7H2,1-3H3,(H,12,13,14)/p-1. The van der Waals surface area contributed by atoms with Gasteiger partial charge in [-0.15, -0.1) is 0 Å². The van der Waals surface area contributed by atoms with Crippen molar-refractivity contribution in [1.82, 2.24) is 0 Å². The fourth-order valence-corrected chi connectivity index (χ4v) is 1.81. The van der Waals surface area contributed by atoms with E-state index in [1.807, 2.05) is 19.9 Å². The van der Waals surface area contributed by atoms with E-state index in [1.54, 1.807) is 0 Å². The minimum Gasteiger partial charge on any atom is -0.748 e. The molecule has 4 nitrogen and oxygen atoms in total. The maximum absolute atomic E-state index is 11.0. The normalized spacial score (nSPS) is 15.5. The van der Waals surface area contributed by atoms with E-state index in [0.717, 1.165) is 5.57 Å². The van der Waals surface area contributed by atoms with Crippen molar-refractivity contribution in [1.29, 1.82) is 0 Å². The molecule has 0 fully saturated rings. The molecule has 88 valence electrons. The van der Waals surface area contributed by atoms with Gasteiger partial charge in [0.15, 0.2) is 0 Å². The van der Waals surface area contributed by atoms with Crippen molar-refractivity contribution in [3.8, 4) is 0 Å². The highest BCUT2D eigenvalue weighted by Crippen LogP contribution is 2.25. The van der Waals surface area contributed by atoms with Gasteiger partial charge in [0.25, 0.3) is 0 Å². The smallest absolute Gasteiger partial charge is 0.121 e. The first-order valence-electron chi connectivity index (χ1n) is 4.75. The third-order valence-corrected chi connectivity index (χ3v) is 3.92. The molecule has 0 amide bonds. The van der Waals surface area contributed by atoms with Crippen LogP contribution in [0.1, 0.15) is 40.0 Å². The number of hydrogen-bond acceptors (Lipinski definition) is 4. The zero-order valence-corrected chi connectivity index (χ0v) is 10.1. The van der Waals surface area contributed by atoms with E-state index in [1.165, 1.54) is 6.92 Å². The molecular weight excluding hydrogens is 216 g/mol. The highest BCUT2D eigenvalue weighted by molar-refractivity contribution is 7.87. The molecule has 0 aromatic rings. The Balaban J connectivity index is 4.68. The van der Waals surface area contributed by atoms with Crippen LogP contribution in [-0.2, 0) is 14.9 Å². The molecule has 0 aliphatic heterocycles. The Labute approximate surface area is 91.1 Å². The molecule has 0 rings (SSSR count). The molecule has 1 atom stereocenters. The van der Waals surface area contributed by atoms with E-state index >= 15 is 0 Å². The number of aldehydes is 1. The summed E-state index contributed by atoms with van der Waals surface area (Å²) in [5, 5.41) is 0. The van der Waals surface area contributed by atoms with Gasteiger partial charge in [-0.05, 0) is 33.6 Å². The Hall–Kier alpha value is -0.680. The highest BCUT2D eigenvalue weighted by Gasteiger charge is 2.30. The summed E-state index contributed by atoms with van der Waals surface area (Å²) in [6.45, 7) is 5.11. The molecule has 0 radical (unpaired) electrons. The maximum atomic E-state index is 11.0. The lowest BCUT2D eigenvalue weighted by molar-refractivity contribution is -0.108. The van der Waals surface area contributed by atoms with Gasteiger partial charge in [0.2, 0.25) is 0 Å². The Kier molecular flexibility index (Phi) is 5.17. The monoisotopic (exact) mass is 233 g/mol. The van der Waals surface area contributed by atoms with E-state index in [9.17, 15) is 17.8 Å². The summed E-state index contributed by atoms with van der Waals surface area (Å²) >= 11 is 0. The molecule has 0 saturated carbocycles. The van der Waals surface area contributed by atoms with Gasteiger partial charge in [-0.1, -0.05) is 11.6 Å². The Morgan fingerprint density at radius 3 is 2.27 bits per heavy atom. The molecule has 0 aromatic heterocycles. The van der Waals surface area contributed by atoms with Crippen LogP contribution < -0.4 is 0 Å². The summed E-state index contributed by atoms with van der Waals surface area (Å²) in [5.74, 6) is 0. The first-order valence-corrected chi connectivity index (χ1v) is 6.16. The van der Waals surface area contributed by atoms with Crippen molar-refractivity contribution >= 4 is 16.4 Å². The van der Waals surface area contributed by atoms with E-state index in [4.69, 9.17) is 0 Å². The second-order valence-electron chi connectivity index (χ2n) is 4.09. The molecule has 0 saturated heterocycles. The molecule has 15 heavy (non-hydrogen) atoms. The van der Waals surface area contributed by atoms with Crippen molar-refractivity contribution < 1.29 is 17.8 Å². The Bertz CT molecular complexity index is 338. The van der Waals surface area contributed by atoms with Crippen LogP contribution in [0.15, 0.2) is 11.6 Å². The molecule has 0 bridgehead atoms. The van der Waals surface area contributed by atoms with Gasteiger partial charge in [-0.2, -0.15) is 0 Å². The summed E-state index contributed by atoms with van der Waals surface area (Å²) in [6.07, 6.45) is 2.78. The van der Waals surface area contributed by atoms with Crippen LogP contribution >= 0.6 is 0 Å². The van der Waals surface area contributed by atoms with Crippen LogP contribution in [0.2, 0.25) is 0 Å². The molecule has 0 aliphatic rings. The van der Waals surface area contributed by atoms with Gasteiger partial charge < -0.3 is 9.35 Å². The van der Waals surface area contributed by atoms with Gasteiger partial charge in [-0.25, -0.2) is 8.42 Å². The minimum atomic E-state index is -4.44. The van der Waals surface area contributed by atoms with E-state index in [2.05, 4.69) is 0 Å². The lowest BCUT2D eigenvalue weighted by Crippen LogP contribution is -2.35. The fourth-order valence-electron chi connectivity index (χ4n) is 1.17. The number of allylic oxidation sites excluding steroid dienone is 2. The average Bonchev–Trinajstić information content (AvgIpc) is 2.01. The predicted molar refractivity (Wildman–Crippen MR) is 57.4 cm³/mol. The van der Waals surface area contributed by atoms with E-state index < -0.39 is 14.9 Å². The quantitative estimate of drug-likeness (QED) is 0.397. The van der Waals surface area contributed by atoms with Crippen LogP contribution in [0.25, 0.3) is 0 Å². The van der Waals surface area contributed by atoms with E-state index in [0.29, 0.717) is 12.7 Å². The SMILES string of the molecule is CC(C)=CCCC(C)(CC=O)S(=O)(=O)[O-]. The Morgan fingerprint density at radius 2 is 1.93 bits per heavy atom. The van der Waals surface area contributed by atoms with Crippen LogP contribution in [0.4, 0.5) is 0 Å². The van der Waals surface area contributed by atoms with Gasteiger partial charge in [0, 0.05) is 6.42 Å². The van der Waals surface area contributed by atoms with Gasteiger partial charge >= 0.3 is 0 Å². The van der Waals surface area contributed by atoms with Crippen LogP contribution in [-0.4, -0.2) is 24.0 Å². The zero-order chi connectivity index (χ0) is 12.1. The van der Waals surface area contributed by atoms with Crippen LogP contribution in [0.3, 0.4) is 0 Å². The lowest BCUT2D eigenvalue weighted by atomic mass is 10.0. The summed E-state index contributed by atoms with van der Waals surface area (Å²) < 4.78 is 31.5. The largest absolute Gasteiger partial charge is 0.748 e. The van der Waals surface area contributed by atoms with Crippen molar-refractivity contribution in [3.63, 3.8) is 0 Å².